The minimum Gasteiger partial charge on any atom is -0.458 e. The van der Waals surface area contributed by atoms with Crippen LogP contribution in [-0.2, 0) is 27.0 Å². The lowest BCUT2D eigenvalue weighted by molar-refractivity contribution is -0.139. The summed E-state index contributed by atoms with van der Waals surface area (Å²) in [6.45, 7) is 14.6. The maximum Gasteiger partial charge on any atom is 0.330 e. The Hall–Kier alpha value is -5.28. The molecule has 0 aromatic heterocycles. The zero-order valence-electron chi connectivity index (χ0n) is 28.0. The molecule has 0 heterocycles. The van der Waals surface area contributed by atoms with Gasteiger partial charge in [0.25, 0.3) is 0 Å². The minimum absolute atomic E-state index is 0.0787. The van der Waals surface area contributed by atoms with Gasteiger partial charge >= 0.3 is 5.97 Å². The zero-order chi connectivity index (χ0) is 33.5. The molecule has 0 aliphatic heterocycles. The van der Waals surface area contributed by atoms with Crippen LogP contribution in [-0.4, -0.2) is 5.97 Å². The van der Waals surface area contributed by atoms with Crippen molar-refractivity contribution >= 4 is 38.3 Å². The second kappa shape index (κ2) is 10.6. The summed E-state index contributed by atoms with van der Waals surface area (Å²) in [5.41, 5.74) is 10.7. The molecule has 0 fully saturated rings. The molecule has 7 aromatic carbocycles. The summed E-state index contributed by atoms with van der Waals surface area (Å²) < 4.78 is 20.1. The highest BCUT2D eigenvalue weighted by Gasteiger charge is 2.36. The van der Waals surface area contributed by atoms with Gasteiger partial charge in [0.1, 0.15) is 12.4 Å². The molecule has 1 aliphatic rings. The van der Waals surface area contributed by atoms with Crippen molar-refractivity contribution in [3.05, 3.63) is 144 Å². The first-order valence-corrected chi connectivity index (χ1v) is 16.5. The van der Waals surface area contributed by atoms with E-state index in [-0.39, 0.29) is 17.4 Å². The van der Waals surface area contributed by atoms with Gasteiger partial charge in [-0.15, -0.1) is 0 Å². The normalized spacial score (nSPS) is 13.6. The summed E-state index contributed by atoms with van der Waals surface area (Å²) in [7, 11) is 0. The van der Waals surface area contributed by atoms with E-state index >= 15 is 4.39 Å². The third kappa shape index (κ3) is 4.64. The van der Waals surface area contributed by atoms with Crippen molar-refractivity contribution in [2.75, 3.05) is 0 Å². The first-order chi connectivity index (χ1) is 22.9. The monoisotopic (exact) mass is 628 g/mol. The maximum atomic E-state index is 15.0. The molecule has 0 bridgehead atoms. The highest BCUT2D eigenvalue weighted by Crippen LogP contribution is 2.51. The fourth-order valence-corrected chi connectivity index (χ4v) is 7.64. The van der Waals surface area contributed by atoms with E-state index in [2.05, 4.69) is 126 Å². The Kier molecular flexibility index (Phi) is 6.65. The van der Waals surface area contributed by atoms with Gasteiger partial charge in [-0.2, -0.15) is 0 Å². The van der Waals surface area contributed by atoms with Gasteiger partial charge in [0.05, 0.1) is 0 Å². The van der Waals surface area contributed by atoms with Crippen LogP contribution in [0.1, 0.15) is 56.9 Å². The summed E-state index contributed by atoms with van der Waals surface area (Å²) in [6, 6.07) is 36.8. The van der Waals surface area contributed by atoms with Crippen LogP contribution in [0.2, 0.25) is 0 Å². The molecule has 0 saturated carbocycles. The van der Waals surface area contributed by atoms with Gasteiger partial charge in [-0.05, 0) is 106 Å². The number of halogens is 1. The summed E-state index contributed by atoms with van der Waals surface area (Å²) in [6.07, 6.45) is 1.08. The van der Waals surface area contributed by atoms with Gasteiger partial charge in [-0.1, -0.05) is 126 Å². The Labute approximate surface area is 280 Å². The number of fused-ring (bicyclic) bond motifs is 3. The number of hydrogen-bond donors (Lipinski definition) is 0. The Bertz CT molecular complexity index is 2440. The predicted molar refractivity (Wildman–Crippen MR) is 197 cm³/mol. The molecule has 1 aliphatic carbocycles. The topological polar surface area (TPSA) is 26.3 Å². The van der Waals surface area contributed by atoms with Crippen molar-refractivity contribution in [2.45, 2.75) is 52.1 Å². The minimum atomic E-state index is -0.573. The molecule has 0 radical (unpaired) electrons. The lowest BCUT2D eigenvalue weighted by Crippen LogP contribution is -2.15. The van der Waals surface area contributed by atoms with Gasteiger partial charge < -0.3 is 4.74 Å². The van der Waals surface area contributed by atoms with Crippen LogP contribution in [0.5, 0.6) is 0 Å². The van der Waals surface area contributed by atoms with E-state index < -0.39 is 11.8 Å². The van der Waals surface area contributed by atoms with Gasteiger partial charge in [-0.25, -0.2) is 9.18 Å². The summed E-state index contributed by atoms with van der Waals surface area (Å²) >= 11 is 0. The van der Waals surface area contributed by atoms with E-state index in [9.17, 15) is 4.79 Å². The van der Waals surface area contributed by atoms with Gasteiger partial charge in [0.15, 0.2) is 0 Å². The number of benzene rings is 7. The number of hydrogen-bond acceptors (Lipinski definition) is 2. The van der Waals surface area contributed by atoms with Crippen molar-refractivity contribution in [2.24, 2.45) is 0 Å². The largest absolute Gasteiger partial charge is 0.458 e. The molecule has 0 atom stereocenters. The molecule has 0 spiro atoms. The molecule has 0 unspecified atom stereocenters. The number of rotatable bonds is 5. The fourth-order valence-electron chi connectivity index (χ4n) is 7.64. The Morgan fingerprint density at radius 1 is 0.708 bits per heavy atom. The molecule has 7 aromatic rings. The summed E-state index contributed by atoms with van der Waals surface area (Å²) in [4.78, 5) is 11.5. The van der Waals surface area contributed by atoms with E-state index in [1.54, 1.807) is 6.07 Å². The fraction of sp³-hybridized carbons (Fsp3) is 0.178. The predicted octanol–water partition coefficient (Wildman–Crippen LogP) is 11.9. The molecule has 8 rings (SSSR count). The molecule has 48 heavy (non-hydrogen) atoms. The smallest absolute Gasteiger partial charge is 0.330 e. The second-order valence-corrected chi connectivity index (χ2v) is 14.7. The third-order valence-electron chi connectivity index (χ3n) is 10.4. The SMILES string of the molecule is C=CC(=O)OCc1ccc(-c2ccc3c(c2)C(C)(C)c2cc(-c4ccc5ccc6cc(C(C)(C)C)cc7ccc4c5c67)ccc2-3)cc1F. The summed E-state index contributed by atoms with van der Waals surface area (Å²) in [5, 5.41) is 7.78. The molecule has 0 saturated heterocycles. The molecular formula is C45H37FO2. The van der Waals surface area contributed by atoms with Crippen LogP contribution < -0.4 is 0 Å². The molecule has 3 heteroatoms. The Morgan fingerprint density at radius 2 is 1.27 bits per heavy atom. The molecule has 0 N–H and O–H groups in total. The molecular weight excluding hydrogens is 591 g/mol. The van der Waals surface area contributed by atoms with E-state index in [1.807, 2.05) is 6.07 Å². The van der Waals surface area contributed by atoms with Crippen LogP contribution >= 0.6 is 0 Å². The molecule has 0 amide bonds. The molecule has 236 valence electrons. The van der Waals surface area contributed by atoms with E-state index in [0.717, 1.165) is 17.2 Å². The highest BCUT2D eigenvalue weighted by molar-refractivity contribution is 6.25. The zero-order valence-corrected chi connectivity index (χ0v) is 28.0. The lowest BCUT2D eigenvalue weighted by atomic mass is 9.80. The standard InChI is InChI=1S/C45H37FO2/c1-7-41(47)48-25-32-11-9-28(24-40(32)46)27-13-17-35-36-18-14-29(23-39(36)45(5,6)38(35)22-27)34-16-12-26-8-10-30-20-33(44(2,3)4)21-31-15-19-37(34)43(26)42(30)31/h7-24H,1,25H2,2-6H3. The third-order valence-corrected chi connectivity index (χ3v) is 10.4. The Balaban J connectivity index is 1.19. The number of ether oxygens (including phenoxy) is 1. The average Bonchev–Trinajstić information content (AvgIpc) is 3.30. The van der Waals surface area contributed by atoms with Crippen molar-refractivity contribution in [3.63, 3.8) is 0 Å². The first kappa shape index (κ1) is 30.1. The number of carbonyl (C=O) groups excluding carboxylic acids is 1. The quantitative estimate of drug-likeness (QED) is 0.108. The van der Waals surface area contributed by atoms with Crippen LogP contribution in [0, 0.1) is 5.82 Å². The van der Waals surface area contributed by atoms with Gasteiger partial charge in [0.2, 0.25) is 0 Å². The number of esters is 1. The van der Waals surface area contributed by atoms with E-state index in [0.29, 0.717) is 5.56 Å². The van der Waals surface area contributed by atoms with Crippen molar-refractivity contribution in [1.29, 1.82) is 0 Å². The van der Waals surface area contributed by atoms with Crippen LogP contribution in [0.15, 0.2) is 116 Å². The summed E-state index contributed by atoms with van der Waals surface area (Å²) in [5.74, 6) is -0.976. The van der Waals surface area contributed by atoms with Crippen molar-refractivity contribution in [3.8, 4) is 33.4 Å². The molecule has 2 nitrogen and oxygen atoms in total. The van der Waals surface area contributed by atoms with Crippen molar-refractivity contribution < 1.29 is 13.9 Å². The second-order valence-electron chi connectivity index (χ2n) is 14.7. The van der Waals surface area contributed by atoms with Crippen LogP contribution in [0.4, 0.5) is 4.39 Å². The first-order valence-electron chi connectivity index (χ1n) is 16.5. The van der Waals surface area contributed by atoms with Crippen molar-refractivity contribution in [1.82, 2.24) is 0 Å². The average molecular weight is 629 g/mol. The lowest BCUT2D eigenvalue weighted by Gasteiger charge is -2.23. The highest BCUT2D eigenvalue weighted by atomic mass is 19.1. The van der Waals surface area contributed by atoms with Crippen LogP contribution in [0.3, 0.4) is 0 Å². The van der Waals surface area contributed by atoms with Gasteiger partial charge in [-0.3, -0.25) is 0 Å². The van der Waals surface area contributed by atoms with E-state index in [1.165, 1.54) is 77.3 Å². The van der Waals surface area contributed by atoms with Gasteiger partial charge in [0, 0.05) is 17.1 Å². The van der Waals surface area contributed by atoms with Crippen LogP contribution in [0.25, 0.3) is 65.7 Å². The van der Waals surface area contributed by atoms with E-state index in [4.69, 9.17) is 4.74 Å². The number of carbonyl (C=O) groups is 1. The maximum absolute atomic E-state index is 15.0. The Morgan fingerprint density at radius 3 is 1.94 bits per heavy atom.